The number of hydrogen-bond acceptors (Lipinski definition) is 4. The van der Waals surface area contributed by atoms with E-state index in [1.54, 1.807) is 36.7 Å². The lowest BCUT2D eigenvalue weighted by molar-refractivity contribution is 0.596. The largest absolute Gasteiger partial charge is 0.318 e. The molecule has 2 aliphatic rings. The second-order valence-corrected chi connectivity index (χ2v) is 11.3. The zero-order valence-corrected chi connectivity index (χ0v) is 19.4. The summed E-state index contributed by atoms with van der Waals surface area (Å²) in [4.78, 5) is 17.7. The molecule has 1 fully saturated rings. The van der Waals surface area contributed by atoms with Crippen molar-refractivity contribution in [2.45, 2.75) is 31.6 Å². The summed E-state index contributed by atoms with van der Waals surface area (Å²) < 4.78 is 39.8. The molecule has 1 aromatic heterocycles. The van der Waals surface area contributed by atoms with Crippen molar-refractivity contribution in [2.75, 3.05) is 5.75 Å². The van der Waals surface area contributed by atoms with E-state index in [1.165, 1.54) is 12.1 Å². The van der Waals surface area contributed by atoms with Gasteiger partial charge in [-0.3, -0.25) is 9.79 Å². The first-order chi connectivity index (χ1) is 15.8. The number of benzene rings is 2. The normalized spacial score (nSPS) is 17.7. The van der Waals surface area contributed by atoms with Crippen LogP contribution in [0.15, 0.2) is 64.5 Å². The average molecular weight is 465 g/mol. The van der Waals surface area contributed by atoms with E-state index < -0.39 is 9.84 Å². The Morgan fingerprint density at radius 1 is 1.03 bits per heavy atom. The Labute approximate surface area is 192 Å². The first-order valence-electron chi connectivity index (χ1n) is 11.1. The van der Waals surface area contributed by atoms with Crippen molar-refractivity contribution in [1.82, 2.24) is 4.57 Å². The van der Waals surface area contributed by atoms with Crippen LogP contribution in [0.25, 0.3) is 11.1 Å². The molecule has 0 unspecified atom stereocenters. The van der Waals surface area contributed by atoms with Crippen LogP contribution in [-0.2, 0) is 22.6 Å². The third-order valence-corrected chi connectivity index (χ3v) is 8.14. The number of fused-ring (bicyclic) bond motifs is 3. The van der Waals surface area contributed by atoms with E-state index in [4.69, 9.17) is 4.99 Å². The number of nitrogens with zero attached hydrogens (tertiary/aromatic N) is 2. The number of rotatable bonds is 5. The Kier molecular flexibility index (Phi) is 5.32. The molecule has 0 saturated heterocycles. The highest BCUT2D eigenvalue weighted by Gasteiger charge is 2.36. The predicted octanol–water partition coefficient (Wildman–Crippen LogP) is 4.43. The van der Waals surface area contributed by atoms with Crippen LogP contribution in [0.5, 0.6) is 0 Å². The van der Waals surface area contributed by atoms with Crippen LogP contribution in [0.4, 0.5) is 4.39 Å². The molecule has 2 aromatic carbocycles. The first kappa shape index (κ1) is 21.8. The van der Waals surface area contributed by atoms with Gasteiger partial charge in [-0.1, -0.05) is 19.1 Å². The van der Waals surface area contributed by atoms with Crippen LogP contribution < -0.4 is 5.56 Å². The van der Waals surface area contributed by atoms with Gasteiger partial charge >= 0.3 is 0 Å². The topological polar surface area (TPSA) is 68.5 Å². The summed E-state index contributed by atoms with van der Waals surface area (Å²) in [6, 6.07) is 13.4. The molecule has 2 heterocycles. The van der Waals surface area contributed by atoms with Crippen molar-refractivity contribution in [3.05, 3.63) is 93.2 Å². The van der Waals surface area contributed by atoms with Gasteiger partial charge in [-0.15, -0.1) is 0 Å². The van der Waals surface area contributed by atoms with Crippen LogP contribution in [0.3, 0.4) is 0 Å². The number of aromatic nitrogens is 1. The van der Waals surface area contributed by atoms with Gasteiger partial charge < -0.3 is 4.57 Å². The molecular formula is C26H25FN2O3S. The van der Waals surface area contributed by atoms with Gasteiger partial charge in [-0.2, -0.15) is 0 Å². The minimum absolute atomic E-state index is 0.0487. The zero-order valence-electron chi connectivity index (χ0n) is 18.6. The van der Waals surface area contributed by atoms with Crippen LogP contribution >= 0.6 is 0 Å². The third-order valence-electron chi connectivity index (χ3n) is 6.49. The summed E-state index contributed by atoms with van der Waals surface area (Å²) in [7, 11) is -1.50. The summed E-state index contributed by atoms with van der Waals surface area (Å²) >= 11 is 0. The van der Waals surface area contributed by atoms with Crippen molar-refractivity contribution < 1.29 is 12.8 Å². The molecule has 3 aromatic rings. The van der Waals surface area contributed by atoms with E-state index >= 15 is 0 Å². The van der Waals surface area contributed by atoms with E-state index in [0.717, 1.165) is 46.4 Å². The lowest BCUT2D eigenvalue weighted by Gasteiger charge is -2.16. The number of halogens is 1. The summed E-state index contributed by atoms with van der Waals surface area (Å²) in [6.07, 6.45) is 3.90. The number of hydrogen-bond donors (Lipinski definition) is 0. The van der Waals surface area contributed by atoms with Gasteiger partial charge in [-0.25, -0.2) is 12.8 Å². The fourth-order valence-electron chi connectivity index (χ4n) is 4.47. The number of pyridine rings is 1. The lowest BCUT2D eigenvalue weighted by Crippen LogP contribution is -2.18. The molecule has 5 rings (SSSR count). The highest BCUT2D eigenvalue weighted by Crippen LogP contribution is 2.48. The highest BCUT2D eigenvalue weighted by molar-refractivity contribution is 7.90. The Balaban J connectivity index is 1.79. The molecular weight excluding hydrogens is 439 g/mol. The maximum atomic E-state index is 13.7. The fraction of sp³-hybridized carbons (Fsp3) is 0.308. The Hall–Kier alpha value is -3.06. The molecule has 33 heavy (non-hydrogen) atoms. The molecule has 1 atom stereocenters. The molecule has 0 amide bonds. The Bertz CT molecular complexity index is 1440. The molecule has 0 radical (unpaired) electrons. The first-order valence-corrected chi connectivity index (χ1v) is 13.0. The zero-order chi connectivity index (χ0) is 23.3. The molecule has 0 bridgehead atoms. The molecule has 0 N–H and O–H groups in total. The highest BCUT2D eigenvalue weighted by atomic mass is 32.2. The third kappa shape index (κ3) is 4.17. The summed E-state index contributed by atoms with van der Waals surface area (Å²) in [5, 5.41) is 0. The van der Waals surface area contributed by atoms with Crippen molar-refractivity contribution >= 4 is 15.5 Å². The van der Waals surface area contributed by atoms with Crippen molar-refractivity contribution in [3.8, 4) is 11.1 Å². The van der Waals surface area contributed by atoms with Crippen LogP contribution in [-0.4, -0.2) is 24.4 Å². The fourth-order valence-corrected chi connectivity index (χ4v) is 5.36. The van der Waals surface area contributed by atoms with Crippen LogP contribution in [0.1, 0.15) is 48.1 Å². The molecule has 7 heteroatoms. The second-order valence-electron chi connectivity index (χ2n) is 8.91. The van der Waals surface area contributed by atoms with E-state index in [9.17, 15) is 17.6 Å². The molecule has 1 saturated carbocycles. The second kappa shape index (κ2) is 8.06. The van der Waals surface area contributed by atoms with Gasteiger partial charge in [0.15, 0.2) is 9.84 Å². The number of aryl methyl sites for hydroxylation is 1. The summed E-state index contributed by atoms with van der Waals surface area (Å²) in [5.41, 5.74) is 5.56. The van der Waals surface area contributed by atoms with E-state index in [0.29, 0.717) is 11.5 Å². The van der Waals surface area contributed by atoms with Gasteiger partial charge in [0.1, 0.15) is 5.82 Å². The smallest absolute Gasteiger partial charge is 0.250 e. The van der Waals surface area contributed by atoms with Gasteiger partial charge in [-0.05, 0) is 65.8 Å². The standard InChI is InChI=1S/C26H25FN2O3S/c1-3-33(31,32)15-16-4-11-20-21(12-16)23-14-29(2)24(30)13-22(23)26(17-5-6-17)28-25(20)18-7-9-19(27)10-8-18/h4,7-14,17,26H,3,5-6,15H2,1-2H3/t26-/m0/s1. The van der Waals surface area contributed by atoms with Crippen molar-refractivity contribution in [1.29, 1.82) is 0 Å². The summed E-state index contributed by atoms with van der Waals surface area (Å²) in [6.45, 7) is 1.64. The number of sulfone groups is 1. The minimum atomic E-state index is -3.21. The van der Waals surface area contributed by atoms with E-state index in [-0.39, 0.29) is 28.9 Å². The Morgan fingerprint density at radius 2 is 1.76 bits per heavy atom. The maximum absolute atomic E-state index is 13.7. The van der Waals surface area contributed by atoms with Gasteiger partial charge in [0, 0.05) is 41.8 Å². The van der Waals surface area contributed by atoms with Gasteiger partial charge in [0.05, 0.1) is 17.5 Å². The lowest BCUT2D eigenvalue weighted by atomic mass is 9.90. The maximum Gasteiger partial charge on any atom is 0.250 e. The van der Waals surface area contributed by atoms with Crippen LogP contribution in [0, 0.1) is 11.7 Å². The number of aliphatic imine (C=N–C) groups is 1. The summed E-state index contributed by atoms with van der Waals surface area (Å²) in [5.74, 6) is 0.0488. The molecule has 5 nitrogen and oxygen atoms in total. The van der Waals surface area contributed by atoms with Gasteiger partial charge in [0.2, 0.25) is 0 Å². The molecule has 0 spiro atoms. The van der Waals surface area contributed by atoms with Crippen LogP contribution in [0.2, 0.25) is 0 Å². The minimum Gasteiger partial charge on any atom is -0.318 e. The SMILES string of the molecule is CCS(=O)(=O)Cc1ccc2c(c1)-c1cn(C)c(=O)cc1[C@H](C1CC1)N=C2c1ccc(F)cc1. The molecule has 1 aliphatic heterocycles. The van der Waals surface area contributed by atoms with Crippen molar-refractivity contribution in [3.63, 3.8) is 0 Å². The van der Waals surface area contributed by atoms with E-state index in [2.05, 4.69) is 0 Å². The predicted molar refractivity (Wildman–Crippen MR) is 128 cm³/mol. The molecule has 1 aliphatic carbocycles. The average Bonchev–Trinajstić information content (AvgIpc) is 3.63. The Morgan fingerprint density at radius 3 is 2.42 bits per heavy atom. The monoisotopic (exact) mass is 464 g/mol. The molecule has 170 valence electrons. The van der Waals surface area contributed by atoms with E-state index in [1.807, 2.05) is 24.4 Å². The van der Waals surface area contributed by atoms with Crippen molar-refractivity contribution in [2.24, 2.45) is 18.0 Å². The van der Waals surface area contributed by atoms with Gasteiger partial charge in [0.25, 0.3) is 5.56 Å². The quantitative estimate of drug-likeness (QED) is 0.561.